The Hall–Kier alpha value is -2.95. The normalized spacial score (nSPS) is 13.0. The molecule has 2 N–H and O–H groups in total. The summed E-state index contributed by atoms with van der Waals surface area (Å²) in [6, 6.07) is 5.21. The Bertz CT molecular complexity index is 759. The third-order valence-electron chi connectivity index (χ3n) is 2.97. The molecule has 0 aliphatic carbocycles. The number of hydrogen-bond donors (Lipinski definition) is 2. The number of nitrogens with zero attached hydrogens (tertiary/aromatic N) is 3. The second-order valence-electron chi connectivity index (χ2n) is 5.07. The van der Waals surface area contributed by atoms with E-state index in [0.717, 1.165) is 0 Å². The van der Waals surface area contributed by atoms with Crippen molar-refractivity contribution in [2.45, 2.75) is 19.1 Å². The summed E-state index contributed by atoms with van der Waals surface area (Å²) in [5.41, 5.74) is 0.553. The molecule has 0 saturated carbocycles. The van der Waals surface area contributed by atoms with Crippen LogP contribution in [0.5, 0.6) is 0 Å². The summed E-state index contributed by atoms with van der Waals surface area (Å²) >= 11 is 0. The number of benzene rings is 1. The first-order chi connectivity index (χ1) is 12.3. The maximum absolute atomic E-state index is 12.5. The molecule has 8 nitrogen and oxygen atoms in total. The molecule has 1 aromatic carbocycles. The van der Waals surface area contributed by atoms with Gasteiger partial charge in [0.15, 0.2) is 0 Å². The molecule has 0 aliphatic rings. The van der Waals surface area contributed by atoms with Crippen LogP contribution in [0.15, 0.2) is 33.9 Å². The van der Waals surface area contributed by atoms with Crippen LogP contribution in [0.2, 0.25) is 0 Å². The smallest absolute Gasteiger partial charge is 0.394 e. The van der Waals surface area contributed by atoms with Crippen molar-refractivity contribution in [2.75, 3.05) is 13.2 Å². The van der Waals surface area contributed by atoms with Gasteiger partial charge in [-0.25, -0.2) is 0 Å². The van der Waals surface area contributed by atoms with Gasteiger partial charge in [0, 0.05) is 11.1 Å². The van der Waals surface area contributed by atoms with E-state index >= 15 is 0 Å². The number of carbonyl (C=O) groups is 1. The van der Waals surface area contributed by atoms with Crippen molar-refractivity contribution in [1.29, 1.82) is 0 Å². The van der Waals surface area contributed by atoms with Crippen LogP contribution in [0.3, 0.4) is 0 Å². The molecule has 26 heavy (non-hydrogen) atoms. The van der Waals surface area contributed by atoms with Crippen molar-refractivity contribution in [1.82, 2.24) is 15.5 Å². The molecular formula is C15H15F3N4O4. The highest BCUT2D eigenvalue weighted by Crippen LogP contribution is 2.29. The van der Waals surface area contributed by atoms with Crippen molar-refractivity contribution in [3.05, 3.63) is 35.7 Å². The van der Waals surface area contributed by atoms with Gasteiger partial charge < -0.3 is 19.8 Å². The molecule has 11 heteroatoms. The molecule has 0 aliphatic heterocycles. The third kappa shape index (κ3) is 5.28. The minimum Gasteiger partial charge on any atom is -0.394 e. The summed E-state index contributed by atoms with van der Waals surface area (Å²) in [6.07, 6.45) is -3.37. The molecule has 1 atom stereocenters. The standard InChI is InChI=1S/C15H15F3N4O4/c1-9(8-19-25-7-6-23)20-13(24)11-4-2-10(3-5-11)12-21-14(26-22-12)15(16,17)18/h2-5,8-9,23H,6-7H2,1H3,(H,20,24). The van der Waals surface area contributed by atoms with Crippen LogP contribution < -0.4 is 5.32 Å². The van der Waals surface area contributed by atoms with Gasteiger partial charge in [0.25, 0.3) is 5.91 Å². The summed E-state index contributed by atoms with van der Waals surface area (Å²) in [6.45, 7) is 1.54. The number of aliphatic hydroxyl groups is 1. The number of nitrogens with one attached hydrogen (secondary N) is 1. The Balaban J connectivity index is 1.99. The number of oxime groups is 1. The van der Waals surface area contributed by atoms with Crippen molar-refractivity contribution in [3.63, 3.8) is 0 Å². The molecule has 2 rings (SSSR count). The maximum Gasteiger partial charge on any atom is 0.471 e. The molecule has 0 radical (unpaired) electrons. The highest BCUT2D eigenvalue weighted by molar-refractivity contribution is 5.96. The summed E-state index contributed by atoms with van der Waals surface area (Å²) in [4.78, 5) is 20.0. The van der Waals surface area contributed by atoms with E-state index in [4.69, 9.17) is 9.94 Å². The van der Waals surface area contributed by atoms with Gasteiger partial charge in [-0.2, -0.15) is 18.2 Å². The Kier molecular flexibility index (Phi) is 6.28. The van der Waals surface area contributed by atoms with Gasteiger partial charge in [-0.1, -0.05) is 22.4 Å². The first kappa shape index (κ1) is 19.4. The molecular weight excluding hydrogens is 357 g/mol. The molecule has 0 spiro atoms. The van der Waals surface area contributed by atoms with Gasteiger partial charge >= 0.3 is 12.1 Å². The zero-order valence-electron chi connectivity index (χ0n) is 13.5. The number of hydrogen-bond acceptors (Lipinski definition) is 7. The van der Waals surface area contributed by atoms with Crippen LogP contribution in [-0.2, 0) is 11.0 Å². The molecule has 1 unspecified atom stereocenters. The van der Waals surface area contributed by atoms with E-state index < -0.39 is 24.0 Å². The Morgan fingerprint density at radius 3 is 2.69 bits per heavy atom. The van der Waals surface area contributed by atoms with Crippen molar-refractivity contribution in [2.24, 2.45) is 5.16 Å². The van der Waals surface area contributed by atoms with Gasteiger partial charge in [-0.3, -0.25) is 4.79 Å². The number of carbonyl (C=O) groups excluding carboxylic acids is 1. The zero-order chi connectivity index (χ0) is 19.2. The van der Waals surface area contributed by atoms with Gasteiger partial charge in [0.2, 0.25) is 5.82 Å². The number of aliphatic hydroxyl groups excluding tert-OH is 1. The van der Waals surface area contributed by atoms with E-state index in [1.807, 2.05) is 0 Å². The molecule has 0 fully saturated rings. The minimum absolute atomic E-state index is 0.0464. The van der Waals surface area contributed by atoms with Crippen LogP contribution >= 0.6 is 0 Å². The summed E-state index contributed by atoms with van der Waals surface area (Å²) in [5, 5.41) is 18.0. The highest BCUT2D eigenvalue weighted by Gasteiger charge is 2.38. The quantitative estimate of drug-likeness (QED) is 0.436. The predicted molar refractivity (Wildman–Crippen MR) is 83.2 cm³/mol. The molecule has 1 amide bonds. The number of alkyl halides is 3. The summed E-state index contributed by atoms with van der Waals surface area (Å²) in [5.74, 6) is -2.08. The van der Waals surface area contributed by atoms with Crippen LogP contribution in [0, 0.1) is 0 Å². The third-order valence-corrected chi connectivity index (χ3v) is 2.97. The van der Waals surface area contributed by atoms with Gasteiger partial charge in [0.05, 0.1) is 18.9 Å². The lowest BCUT2D eigenvalue weighted by molar-refractivity contribution is -0.159. The van der Waals surface area contributed by atoms with E-state index in [0.29, 0.717) is 0 Å². The zero-order valence-corrected chi connectivity index (χ0v) is 13.5. The van der Waals surface area contributed by atoms with Crippen molar-refractivity contribution >= 4 is 12.1 Å². The molecule has 0 saturated heterocycles. The Morgan fingerprint density at radius 1 is 1.42 bits per heavy atom. The fourth-order valence-electron chi connectivity index (χ4n) is 1.78. The molecule has 1 heterocycles. The lowest BCUT2D eigenvalue weighted by Crippen LogP contribution is -2.33. The molecule has 1 aromatic heterocycles. The lowest BCUT2D eigenvalue weighted by atomic mass is 10.1. The number of amides is 1. The van der Waals surface area contributed by atoms with Gasteiger partial charge in [-0.15, -0.1) is 0 Å². The van der Waals surface area contributed by atoms with Crippen LogP contribution in [-0.4, -0.2) is 46.6 Å². The topological polar surface area (TPSA) is 110 Å². The van der Waals surface area contributed by atoms with Crippen LogP contribution in [0.25, 0.3) is 11.4 Å². The average molecular weight is 372 g/mol. The van der Waals surface area contributed by atoms with E-state index in [1.165, 1.54) is 30.5 Å². The Morgan fingerprint density at radius 2 is 2.12 bits per heavy atom. The summed E-state index contributed by atoms with van der Waals surface area (Å²) in [7, 11) is 0. The molecule has 140 valence electrons. The second-order valence-corrected chi connectivity index (χ2v) is 5.07. The minimum atomic E-state index is -4.72. The van der Waals surface area contributed by atoms with Crippen molar-refractivity contribution in [3.8, 4) is 11.4 Å². The fraction of sp³-hybridized carbons (Fsp3) is 0.333. The largest absolute Gasteiger partial charge is 0.471 e. The van der Waals surface area contributed by atoms with Crippen LogP contribution in [0.4, 0.5) is 13.2 Å². The summed E-state index contributed by atoms with van der Waals surface area (Å²) < 4.78 is 41.5. The monoisotopic (exact) mass is 372 g/mol. The molecule has 0 bridgehead atoms. The second kappa shape index (κ2) is 8.43. The van der Waals surface area contributed by atoms with E-state index in [1.54, 1.807) is 6.92 Å². The molecule has 2 aromatic rings. The van der Waals surface area contributed by atoms with E-state index in [9.17, 15) is 18.0 Å². The highest BCUT2D eigenvalue weighted by atomic mass is 19.4. The van der Waals surface area contributed by atoms with E-state index in [-0.39, 0.29) is 30.2 Å². The maximum atomic E-state index is 12.5. The lowest BCUT2D eigenvalue weighted by Gasteiger charge is -2.09. The fourth-order valence-corrected chi connectivity index (χ4v) is 1.78. The van der Waals surface area contributed by atoms with E-state index in [2.05, 4.69) is 25.1 Å². The average Bonchev–Trinajstić information content (AvgIpc) is 3.09. The predicted octanol–water partition coefficient (Wildman–Crippen LogP) is 1.87. The SMILES string of the molecule is CC(C=NOCCO)NC(=O)c1ccc(-c2noc(C(F)(F)F)n2)cc1. The van der Waals surface area contributed by atoms with Crippen LogP contribution in [0.1, 0.15) is 23.2 Å². The van der Waals surface area contributed by atoms with Gasteiger partial charge in [0.1, 0.15) is 6.61 Å². The Labute approximate surface area is 145 Å². The first-order valence-electron chi connectivity index (χ1n) is 7.39. The van der Waals surface area contributed by atoms with Gasteiger partial charge in [-0.05, 0) is 19.1 Å². The first-order valence-corrected chi connectivity index (χ1v) is 7.39. The van der Waals surface area contributed by atoms with Crippen molar-refractivity contribution < 1.29 is 32.4 Å². The number of halogens is 3. The number of rotatable bonds is 7. The number of aromatic nitrogens is 2.